The molecule has 3 saturated heterocycles. The largest absolute Gasteiger partial charge is 0.493 e. The molecule has 4 aliphatic heterocycles. The standard InChI is InChI=1S/C47H51F3N8O7/c1-5-64-38-20-29(8-11-36(38)63-4)26-58-43(60)31-22-40(53-24-33(31)44(58)61)57-18-16-56(17-19-57)39-13-15-55(27-47(39,49)50)25-28-6-9-30(10-7-28)65-37-23-35(52-3)32(21-34(37)48)42(51)46(2)14-12-41(59)54-45(46)62/h6-11,20-24,39,51-52H,5,12-19,25-27H2,1-4H3,(H,54,59,62). The summed E-state index contributed by atoms with van der Waals surface area (Å²) in [5, 5.41) is 14.0. The molecule has 2 atom stereocenters. The molecule has 4 aromatic rings. The smallest absolute Gasteiger partial charge is 0.275 e. The quantitative estimate of drug-likeness (QED) is 0.0984. The van der Waals surface area contributed by atoms with Gasteiger partial charge in [-0.3, -0.25) is 39.2 Å². The van der Waals surface area contributed by atoms with Gasteiger partial charge in [-0.1, -0.05) is 18.2 Å². The van der Waals surface area contributed by atoms with E-state index in [1.807, 2.05) is 16.7 Å². The number of nitrogens with one attached hydrogen (secondary N) is 3. The summed E-state index contributed by atoms with van der Waals surface area (Å²) < 4.78 is 64.1. The van der Waals surface area contributed by atoms with Crippen molar-refractivity contribution in [3.63, 3.8) is 0 Å². The normalized spacial score (nSPS) is 21.2. The maximum absolute atomic E-state index is 15.9. The second-order valence-corrected chi connectivity index (χ2v) is 16.9. The van der Waals surface area contributed by atoms with Crippen molar-refractivity contribution >= 4 is 40.8 Å². The number of alkyl halides is 2. The molecule has 0 saturated carbocycles. The number of fused-ring (bicyclic) bond motifs is 1. The van der Waals surface area contributed by atoms with Crippen LogP contribution in [0.5, 0.6) is 23.0 Å². The third-order valence-corrected chi connectivity index (χ3v) is 12.8. The monoisotopic (exact) mass is 896 g/mol. The minimum absolute atomic E-state index is 0.0433. The van der Waals surface area contributed by atoms with Crippen LogP contribution >= 0.6 is 0 Å². The molecule has 0 bridgehead atoms. The fraction of sp³-hybridized carbons (Fsp3) is 0.404. The van der Waals surface area contributed by atoms with Crippen molar-refractivity contribution in [3.05, 3.63) is 100 Å². The Morgan fingerprint density at radius 2 is 1.63 bits per heavy atom. The van der Waals surface area contributed by atoms with Gasteiger partial charge in [-0.05, 0) is 74.2 Å². The lowest BCUT2D eigenvalue weighted by atomic mass is 9.74. The van der Waals surface area contributed by atoms with E-state index in [9.17, 15) is 19.2 Å². The number of aromatic nitrogens is 1. The number of amides is 4. The van der Waals surface area contributed by atoms with Gasteiger partial charge < -0.3 is 29.8 Å². The van der Waals surface area contributed by atoms with Crippen molar-refractivity contribution in [3.8, 4) is 23.0 Å². The molecule has 3 N–H and O–H groups in total. The van der Waals surface area contributed by atoms with E-state index in [1.54, 1.807) is 67.4 Å². The SMILES string of the molecule is CCOc1cc(CN2C(=O)c3cnc(N4CCN(C5CCN(Cc6ccc(Oc7cc(NC)c(C(=N)C8(C)CCC(=O)NC8=O)cc7F)cc6)CC5(F)F)CC4)cc3C2=O)ccc1OC. The zero-order chi connectivity index (χ0) is 46.2. The molecule has 4 amide bonds. The number of pyridine rings is 1. The zero-order valence-electron chi connectivity index (χ0n) is 36.6. The number of carbonyl (C=O) groups excluding carboxylic acids is 4. The summed E-state index contributed by atoms with van der Waals surface area (Å²) in [7, 11) is 3.14. The molecule has 342 valence electrons. The van der Waals surface area contributed by atoms with E-state index in [2.05, 4.69) is 15.6 Å². The number of piperidine rings is 2. The Labute approximate surface area is 374 Å². The number of hydrogen-bond acceptors (Lipinski definition) is 13. The number of rotatable bonds is 14. The number of ether oxygens (including phenoxy) is 3. The molecule has 3 fully saturated rings. The van der Waals surface area contributed by atoms with E-state index >= 15 is 13.2 Å². The topological polar surface area (TPSA) is 170 Å². The second kappa shape index (κ2) is 18.2. The van der Waals surface area contributed by atoms with E-state index in [4.69, 9.17) is 19.6 Å². The molecule has 18 heteroatoms. The number of carbonyl (C=O) groups is 4. The summed E-state index contributed by atoms with van der Waals surface area (Å²) in [4.78, 5) is 62.4. The number of hydrogen-bond donors (Lipinski definition) is 3. The highest BCUT2D eigenvalue weighted by molar-refractivity contribution is 6.22. The van der Waals surface area contributed by atoms with Crippen molar-refractivity contribution < 1.29 is 46.6 Å². The Kier molecular flexibility index (Phi) is 12.6. The fourth-order valence-corrected chi connectivity index (χ4v) is 9.04. The third kappa shape index (κ3) is 8.96. The average molecular weight is 897 g/mol. The van der Waals surface area contributed by atoms with Crippen LogP contribution in [0.1, 0.15) is 70.5 Å². The molecule has 5 heterocycles. The van der Waals surface area contributed by atoms with Crippen LogP contribution in [0, 0.1) is 16.6 Å². The van der Waals surface area contributed by atoms with E-state index in [0.29, 0.717) is 73.6 Å². The molecule has 4 aliphatic rings. The van der Waals surface area contributed by atoms with Crippen molar-refractivity contribution in [2.75, 3.05) is 70.2 Å². The highest BCUT2D eigenvalue weighted by atomic mass is 19.3. The lowest BCUT2D eigenvalue weighted by molar-refractivity contribution is -0.138. The first-order chi connectivity index (χ1) is 31.1. The number of benzene rings is 3. The van der Waals surface area contributed by atoms with Crippen LogP contribution in [0.2, 0.25) is 0 Å². The molecule has 65 heavy (non-hydrogen) atoms. The Balaban J connectivity index is 0.837. The molecule has 3 aromatic carbocycles. The first kappa shape index (κ1) is 45.1. The van der Waals surface area contributed by atoms with E-state index in [0.717, 1.165) is 11.6 Å². The summed E-state index contributed by atoms with van der Waals surface area (Å²) in [6.45, 7) is 5.77. The molecule has 2 unspecified atom stereocenters. The van der Waals surface area contributed by atoms with Crippen LogP contribution in [-0.4, -0.2) is 121 Å². The summed E-state index contributed by atoms with van der Waals surface area (Å²) in [5.74, 6) is -3.86. The number of imide groups is 2. The lowest BCUT2D eigenvalue weighted by Gasteiger charge is -2.46. The molecular weight excluding hydrogens is 846 g/mol. The predicted octanol–water partition coefficient (Wildman–Crippen LogP) is 6.10. The van der Waals surface area contributed by atoms with Crippen LogP contribution in [-0.2, 0) is 22.7 Å². The molecule has 1 aromatic heterocycles. The summed E-state index contributed by atoms with van der Waals surface area (Å²) in [6, 6.07) is 15.2. The van der Waals surface area contributed by atoms with Gasteiger partial charge >= 0.3 is 0 Å². The minimum atomic E-state index is -2.99. The van der Waals surface area contributed by atoms with Gasteiger partial charge in [-0.2, -0.15) is 0 Å². The van der Waals surface area contributed by atoms with Gasteiger partial charge in [-0.25, -0.2) is 18.2 Å². The number of methoxy groups -OCH3 is 1. The Morgan fingerprint density at radius 1 is 0.908 bits per heavy atom. The predicted molar refractivity (Wildman–Crippen MR) is 235 cm³/mol. The highest BCUT2D eigenvalue weighted by Crippen LogP contribution is 2.38. The maximum Gasteiger partial charge on any atom is 0.275 e. The number of halogens is 3. The van der Waals surface area contributed by atoms with Crippen molar-refractivity contribution in [1.82, 2.24) is 25.0 Å². The number of anilines is 2. The van der Waals surface area contributed by atoms with E-state index in [-0.39, 0.29) is 60.5 Å². The third-order valence-electron chi connectivity index (χ3n) is 12.8. The van der Waals surface area contributed by atoms with Crippen molar-refractivity contribution in [2.24, 2.45) is 5.41 Å². The van der Waals surface area contributed by atoms with E-state index in [1.165, 1.54) is 24.3 Å². The van der Waals surface area contributed by atoms with Gasteiger partial charge in [0.15, 0.2) is 23.1 Å². The van der Waals surface area contributed by atoms with Crippen LogP contribution in [0.25, 0.3) is 0 Å². The van der Waals surface area contributed by atoms with Crippen LogP contribution in [0.3, 0.4) is 0 Å². The van der Waals surface area contributed by atoms with Gasteiger partial charge in [0.25, 0.3) is 17.7 Å². The van der Waals surface area contributed by atoms with Gasteiger partial charge in [0, 0.05) is 76.3 Å². The molecule has 0 spiro atoms. The lowest BCUT2D eigenvalue weighted by Crippen LogP contribution is -2.61. The Morgan fingerprint density at radius 3 is 2.31 bits per heavy atom. The average Bonchev–Trinajstić information content (AvgIpc) is 3.52. The van der Waals surface area contributed by atoms with Gasteiger partial charge in [0.05, 0.1) is 55.1 Å². The highest BCUT2D eigenvalue weighted by Gasteiger charge is 2.48. The van der Waals surface area contributed by atoms with Gasteiger partial charge in [0.2, 0.25) is 11.8 Å². The van der Waals surface area contributed by atoms with Crippen molar-refractivity contribution in [2.45, 2.75) is 58.2 Å². The van der Waals surface area contributed by atoms with Crippen molar-refractivity contribution in [1.29, 1.82) is 5.41 Å². The van der Waals surface area contributed by atoms with E-state index < -0.39 is 53.4 Å². The Bertz CT molecular complexity index is 2530. The first-order valence-electron chi connectivity index (χ1n) is 21.6. The van der Waals surface area contributed by atoms with Crippen LogP contribution < -0.4 is 29.7 Å². The zero-order valence-corrected chi connectivity index (χ0v) is 36.6. The van der Waals surface area contributed by atoms with Crippen LogP contribution in [0.15, 0.2) is 66.9 Å². The summed E-state index contributed by atoms with van der Waals surface area (Å²) >= 11 is 0. The summed E-state index contributed by atoms with van der Waals surface area (Å²) in [5.41, 5.74) is 1.02. The maximum atomic E-state index is 15.9. The van der Waals surface area contributed by atoms with Crippen LogP contribution in [0.4, 0.5) is 24.7 Å². The summed E-state index contributed by atoms with van der Waals surface area (Å²) in [6.07, 6.45) is 1.87. The molecular formula is C47H51F3N8O7. The first-order valence-corrected chi connectivity index (χ1v) is 21.6. The number of likely N-dealkylation sites (tertiary alicyclic amines) is 1. The molecule has 15 nitrogen and oxygen atoms in total. The number of piperazine rings is 1. The number of nitrogens with zero attached hydrogens (tertiary/aromatic N) is 5. The van der Waals surface area contributed by atoms with Gasteiger partial charge in [0.1, 0.15) is 11.6 Å². The second-order valence-electron chi connectivity index (χ2n) is 16.9. The minimum Gasteiger partial charge on any atom is -0.493 e. The fourth-order valence-electron chi connectivity index (χ4n) is 9.04. The Hall–Kier alpha value is -6.53. The molecule has 8 rings (SSSR count). The van der Waals surface area contributed by atoms with Gasteiger partial charge in [-0.15, -0.1) is 0 Å². The molecule has 0 radical (unpaired) electrons. The molecule has 0 aliphatic carbocycles.